The maximum absolute atomic E-state index is 12.8. The molecule has 2 aliphatic rings. The van der Waals surface area contributed by atoms with Gasteiger partial charge in [-0.1, -0.05) is 71.6 Å². The zero-order chi connectivity index (χ0) is 16.4. The Morgan fingerprint density at radius 2 is 1.83 bits per heavy atom. The standard InChI is InChI=1S/C20H27NO2.CH4/c1-14(2)19(22)18(12-15-8-4-3-5-9-15)21-13-16-10-6-7-11-17(16)20(21)23;/h6-7,10-11,14-15,18H,3-5,8-9,12-13H2,1-2H3;1H4/t18-;/m0./s1. The number of amides is 1. The Kier molecular flexibility index (Phi) is 6.20. The molecule has 1 aliphatic carbocycles. The predicted molar refractivity (Wildman–Crippen MR) is 97.9 cm³/mol. The molecule has 3 nitrogen and oxygen atoms in total. The van der Waals surface area contributed by atoms with Gasteiger partial charge in [0.15, 0.2) is 5.78 Å². The van der Waals surface area contributed by atoms with E-state index in [1.807, 2.05) is 43.0 Å². The Hall–Kier alpha value is -1.64. The Morgan fingerprint density at radius 3 is 2.46 bits per heavy atom. The molecule has 3 rings (SSSR count). The van der Waals surface area contributed by atoms with Crippen LogP contribution in [0, 0.1) is 11.8 Å². The summed E-state index contributed by atoms with van der Waals surface area (Å²) in [5.41, 5.74) is 1.83. The normalized spacial score (nSPS) is 19.1. The van der Waals surface area contributed by atoms with Crippen LogP contribution in [-0.4, -0.2) is 22.6 Å². The van der Waals surface area contributed by atoms with Crippen molar-refractivity contribution < 1.29 is 9.59 Å². The first-order valence-electron chi connectivity index (χ1n) is 9.00. The number of hydrogen-bond donors (Lipinski definition) is 0. The van der Waals surface area contributed by atoms with Crippen LogP contribution < -0.4 is 0 Å². The smallest absolute Gasteiger partial charge is 0.255 e. The largest absolute Gasteiger partial charge is 0.324 e. The molecule has 0 spiro atoms. The van der Waals surface area contributed by atoms with E-state index < -0.39 is 0 Å². The summed E-state index contributed by atoms with van der Waals surface area (Å²) in [7, 11) is 0. The number of carbonyl (C=O) groups is 2. The highest BCUT2D eigenvalue weighted by atomic mass is 16.2. The van der Waals surface area contributed by atoms with Crippen molar-refractivity contribution in [2.24, 2.45) is 11.8 Å². The van der Waals surface area contributed by atoms with Gasteiger partial charge in [0.1, 0.15) is 0 Å². The minimum atomic E-state index is -0.252. The third kappa shape index (κ3) is 3.71. The van der Waals surface area contributed by atoms with Gasteiger partial charge in [0.25, 0.3) is 5.91 Å². The summed E-state index contributed by atoms with van der Waals surface area (Å²) in [5, 5.41) is 0. The number of carbonyl (C=O) groups excluding carboxylic acids is 2. The predicted octanol–water partition coefficient (Wildman–Crippen LogP) is 4.84. The molecule has 1 amide bonds. The zero-order valence-electron chi connectivity index (χ0n) is 14.3. The van der Waals surface area contributed by atoms with Gasteiger partial charge in [-0.15, -0.1) is 0 Å². The van der Waals surface area contributed by atoms with E-state index in [9.17, 15) is 9.59 Å². The van der Waals surface area contributed by atoms with E-state index in [0.717, 1.165) is 17.5 Å². The molecule has 3 heteroatoms. The Balaban J connectivity index is 0.00000208. The number of benzene rings is 1. The number of rotatable bonds is 5. The van der Waals surface area contributed by atoms with E-state index in [4.69, 9.17) is 0 Å². The third-order valence-corrected chi connectivity index (χ3v) is 5.40. The van der Waals surface area contributed by atoms with Crippen LogP contribution in [0.3, 0.4) is 0 Å². The fourth-order valence-electron chi connectivity index (χ4n) is 4.05. The summed E-state index contributed by atoms with van der Waals surface area (Å²) < 4.78 is 0. The molecule has 1 saturated carbocycles. The van der Waals surface area contributed by atoms with E-state index in [-0.39, 0.29) is 31.1 Å². The number of ketones is 1. The highest BCUT2D eigenvalue weighted by Gasteiger charge is 2.38. The van der Waals surface area contributed by atoms with Crippen LogP contribution in [0.2, 0.25) is 0 Å². The van der Waals surface area contributed by atoms with E-state index in [0.29, 0.717) is 12.5 Å². The first-order valence-corrected chi connectivity index (χ1v) is 9.00. The lowest BCUT2D eigenvalue weighted by atomic mass is 9.82. The molecule has 1 fully saturated rings. The third-order valence-electron chi connectivity index (χ3n) is 5.40. The molecular weight excluding hydrogens is 298 g/mol. The number of Topliss-reactive ketones (excluding diaryl/α,β-unsaturated/α-hetero) is 1. The molecule has 1 aliphatic heterocycles. The van der Waals surface area contributed by atoms with Gasteiger partial charge in [0.05, 0.1) is 6.04 Å². The Bertz CT molecular complexity index is 587. The molecule has 1 atom stereocenters. The summed E-state index contributed by atoms with van der Waals surface area (Å²) in [6, 6.07) is 7.51. The van der Waals surface area contributed by atoms with Crippen molar-refractivity contribution in [3.8, 4) is 0 Å². The molecule has 0 bridgehead atoms. The lowest BCUT2D eigenvalue weighted by Gasteiger charge is -2.32. The second-order valence-electron chi connectivity index (χ2n) is 7.40. The van der Waals surface area contributed by atoms with Gasteiger partial charge >= 0.3 is 0 Å². The van der Waals surface area contributed by atoms with Crippen molar-refractivity contribution >= 4 is 11.7 Å². The summed E-state index contributed by atoms with van der Waals surface area (Å²) in [6.45, 7) is 4.48. The van der Waals surface area contributed by atoms with E-state index >= 15 is 0 Å². The van der Waals surface area contributed by atoms with Gasteiger partial charge in [-0.3, -0.25) is 9.59 Å². The molecule has 0 unspecified atom stereocenters. The molecule has 1 aromatic carbocycles. The van der Waals surface area contributed by atoms with E-state index in [1.165, 1.54) is 32.1 Å². The van der Waals surface area contributed by atoms with Crippen LogP contribution in [0.5, 0.6) is 0 Å². The van der Waals surface area contributed by atoms with Gasteiger partial charge in [-0.25, -0.2) is 0 Å². The quantitative estimate of drug-likeness (QED) is 0.775. The van der Waals surface area contributed by atoms with Crippen LogP contribution in [0.25, 0.3) is 0 Å². The SMILES string of the molecule is C.CC(C)C(=O)[C@H](CC1CCCCC1)N1Cc2ccccc2C1=O. The van der Waals surface area contributed by atoms with Crippen LogP contribution >= 0.6 is 0 Å². The van der Waals surface area contributed by atoms with Gasteiger partial charge < -0.3 is 4.90 Å². The number of fused-ring (bicyclic) bond motifs is 1. The van der Waals surface area contributed by atoms with Crippen molar-refractivity contribution in [3.05, 3.63) is 35.4 Å². The van der Waals surface area contributed by atoms with Gasteiger partial charge in [0, 0.05) is 18.0 Å². The molecule has 0 N–H and O–H groups in total. The highest BCUT2D eigenvalue weighted by Crippen LogP contribution is 2.33. The van der Waals surface area contributed by atoms with Crippen LogP contribution in [0.4, 0.5) is 0 Å². The summed E-state index contributed by atoms with van der Waals surface area (Å²) >= 11 is 0. The monoisotopic (exact) mass is 329 g/mol. The van der Waals surface area contributed by atoms with Gasteiger partial charge in [0.2, 0.25) is 0 Å². The van der Waals surface area contributed by atoms with E-state index in [1.54, 1.807) is 0 Å². The second kappa shape index (κ2) is 7.96. The molecule has 1 heterocycles. The van der Waals surface area contributed by atoms with Crippen molar-refractivity contribution in [2.75, 3.05) is 0 Å². The van der Waals surface area contributed by atoms with Gasteiger partial charge in [-0.2, -0.15) is 0 Å². The molecular formula is C21H31NO2. The van der Waals surface area contributed by atoms with Crippen molar-refractivity contribution in [2.45, 2.75) is 72.4 Å². The van der Waals surface area contributed by atoms with Crippen molar-refractivity contribution in [1.29, 1.82) is 0 Å². The first-order chi connectivity index (χ1) is 11.1. The molecule has 132 valence electrons. The maximum atomic E-state index is 12.8. The van der Waals surface area contributed by atoms with Crippen LogP contribution in [0.15, 0.2) is 24.3 Å². The molecule has 0 radical (unpaired) electrons. The highest BCUT2D eigenvalue weighted by molar-refractivity contribution is 6.01. The Labute approximate surface area is 146 Å². The molecule has 1 aromatic rings. The maximum Gasteiger partial charge on any atom is 0.255 e. The fourth-order valence-corrected chi connectivity index (χ4v) is 4.05. The topological polar surface area (TPSA) is 37.4 Å². The second-order valence-corrected chi connectivity index (χ2v) is 7.40. The summed E-state index contributed by atoms with van der Waals surface area (Å²) in [6.07, 6.45) is 7.10. The molecule has 24 heavy (non-hydrogen) atoms. The lowest BCUT2D eigenvalue weighted by Crippen LogP contribution is -2.44. The van der Waals surface area contributed by atoms with Gasteiger partial charge in [-0.05, 0) is 24.0 Å². The van der Waals surface area contributed by atoms with Crippen molar-refractivity contribution in [1.82, 2.24) is 4.90 Å². The molecule has 0 aromatic heterocycles. The average molecular weight is 329 g/mol. The Morgan fingerprint density at radius 1 is 1.17 bits per heavy atom. The van der Waals surface area contributed by atoms with Crippen LogP contribution in [-0.2, 0) is 11.3 Å². The summed E-state index contributed by atoms with van der Waals surface area (Å²) in [4.78, 5) is 27.4. The fraction of sp³-hybridized carbons (Fsp3) is 0.619. The lowest BCUT2D eigenvalue weighted by molar-refractivity contribution is -0.127. The number of nitrogens with zero attached hydrogens (tertiary/aromatic N) is 1. The summed E-state index contributed by atoms with van der Waals surface area (Å²) in [5.74, 6) is 0.820. The van der Waals surface area contributed by atoms with Crippen LogP contribution in [0.1, 0.15) is 75.7 Å². The van der Waals surface area contributed by atoms with Crippen molar-refractivity contribution in [3.63, 3.8) is 0 Å². The minimum Gasteiger partial charge on any atom is -0.324 e. The molecule has 0 saturated heterocycles. The zero-order valence-corrected chi connectivity index (χ0v) is 14.3. The average Bonchev–Trinajstić information content (AvgIpc) is 2.90. The number of hydrogen-bond acceptors (Lipinski definition) is 2. The van der Waals surface area contributed by atoms with E-state index in [2.05, 4.69) is 0 Å². The minimum absolute atomic E-state index is 0. The first kappa shape index (κ1) is 18.7.